The first-order valence-corrected chi connectivity index (χ1v) is 22.7. The minimum absolute atomic E-state index is 0.0193. The van der Waals surface area contributed by atoms with Crippen LogP contribution in [0.3, 0.4) is 0 Å². The van der Waals surface area contributed by atoms with Gasteiger partial charge in [0.25, 0.3) is 5.91 Å². The standard InChI is InChI=1S/C41H53N7O10S2/c1-23(2)42-38-44-32(22-59-38)31-18-24-17-26(55-6)10-13-29(24)35(43-31)57-27-19-33-34(49)46-41(37(51)47-60(53,54)28-11-12-28)20-25(41)9-7-8-15-56-16-14-30(36(50)48(33)21-27)45-39(52)58-40(3,4)5/h7,9-10,13,17-18,22-23,25,27-28,30,33H,8,11-12,14-16,19-21H2,1-6H3,(H,42,44)(H,45,52)(H,46,49)(H,47,51)/b9-7-/t25-,27?,30+,33+,41-/m1/s1. The first-order valence-electron chi connectivity index (χ1n) is 20.2. The summed E-state index contributed by atoms with van der Waals surface area (Å²) in [6.45, 7) is 9.45. The number of hydrogen-bond donors (Lipinski definition) is 4. The van der Waals surface area contributed by atoms with Gasteiger partial charge in [0, 0.05) is 42.2 Å². The second kappa shape index (κ2) is 17.2. The van der Waals surface area contributed by atoms with Crippen LogP contribution in [0.15, 0.2) is 41.8 Å². The van der Waals surface area contributed by atoms with E-state index in [4.69, 9.17) is 28.9 Å². The maximum absolute atomic E-state index is 14.6. The summed E-state index contributed by atoms with van der Waals surface area (Å²) in [6.07, 6.45) is 3.56. The van der Waals surface area contributed by atoms with Crippen LogP contribution in [-0.4, -0.2) is 115 Å². The number of amides is 4. The van der Waals surface area contributed by atoms with Crippen LogP contribution in [0.2, 0.25) is 0 Å². The number of fused-ring (bicyclic) bond motifs is 3. The fourth-order valence-corrected chi connectivity index (χ4v) is 9.59. The third-order valence-electron chi connectivity index (χ3n) is 10.6. The zero-order valence-electron chi connectivity index (χ0n) is 34.6. The molecule has 0 radical (unpaired) electrons. The summed E-state index contributed by atoms with van der Waals surface area (Å²) in [4.78, 5) is 67.1. The van der Waals surface area contributed by atoms with Crippen molar-refractivity contribution in [1.82, 2.24) is 30.2 Å². The highest BCUT2D eigenvalue weighted by atomic mass is 32.2. The van der Waals surface area contributed by atoms with Gasteiger partial charge in [-0.3, -0.25) is 19.1 Å². The number of sulfonamides is 1. The normalized spacial score (nSPS) is 25.6. The van der Waals surface area contributed by atoms with E-state index in [-0.39, 0.29) is 50.9 Å². The fourth-order valence-electron chi connectivity index (χ4n) is 7.38. The van der Waals surface area contributed by atoms with Gasteiger partial charge in [0.1, 0.15) is 40.8 Å². The highest BCUT2D eigenvalue weighted by Gasteiger charge is 2.62. The van der Waals surface area contributed by atoms with Crippen molar-refractivity contribution < 1.29 is 46.5 Å². The number of anilines is 1. The molecule has 5 atom stereocenters. The molecule has 1 unspecified atom stereocenters. The summed E-state index contributed by atoms with van der Waals surface area (Å²) in [5.74, 6) is -1.74. The fraction of sp³-hybridized carbons (Fsp3) is 0.561. The highest BCUT2D eigenvalue weighted by Crippen LogP contribution is 2.46. The predicted octanol–water partition coefficient (Wildman–Crippen LogP) is 4.28. The van der Waals surface area contributed by atoms with Crippen LogP contribution >= 0.6 is 11.3 Å². The summed E-state index contributed by atoms with van der Waals surface area (Å²) >= 11 is 1.44. The van der Waals surface area contributed by atoms with Crippen molar-refractivity contribution in [3.8, 4) is 23.0 Å². The van der Waals surface area contributed by atoms with Crippen molar-refractivity contribution in [2.45, 2.75) is 114 Å². The van der Waals surface area contributed by atoms with E-state index in [1.54, 1.807) is 40.0 Å². The number of carbonyl (C=O) groups excluding carboxylic acids is 4. The molecule has 2 aliphatic carbocycles. The summed E-state index contributed by atoms with van der Waals surface area (Å²) in [5.41, 5.74) is -1.28. The van der Waals surface area contributed by atoms with Crippen LogP contribution < -0.4 is 30.1 Å². The second-order valence-electron chi connectivity index (χ2n) is 17.0. The Morgan fingerprint density at radius 2 is 1.87 bits per heavy atom. The van der Waals surface area contributed by atoms with Gasteiger partial charge >= 0.3 is 6.09 Å². The van der Waals surface area contributed by atoms with Gasteiger partial charge in [-0.1, -0.05) is 12.2 Å². The zero-order valence-corrected chi connectivity index (χ0v) is 36.2. The molecule has 3 aromatic rings. The van der Waals surface area contributed by atoms with E-state index in [2.05, 4.69) is 20.7 Å². The Bertz CT molecular complexity index is 2270. The van der Waals surface area contributed by atoms with Crippen LogP contribution in [0, 0.1) is 5.92 Å². The Balaban J connectivity index is 1.23. The van der Waals surface area contributed by atoms with E-state index in [1.807, 2.05) is 43.5 Å². The topological polar surface area (TPSA) is 216 Å². The monoisotopic (exact) mass is 867 g/mol. The van der Waals surface area contributed by atoms with E-state index in [0.29, 0.717) is 41.8 Å². The maximum atomic E-state index is 14.6. The average molecular weight is 868 g/mol. The number of thiazole rings is 1. The SMILES string of the molecule is COc1ccc2c(OC3C[C@H]4C(=O)N[C@]5(C(=O)NS(=O)(=O)C6CC6)C[C@H]5/C=C\CCOCC[C@H](NC(=O)OC(C)(C)C)C(=O)N4C3)nc(-c3csc(NC(C)C)n3)cc2c1. The number of rotatable bonds is 10. The molecule has 17 nitrogen and oxygen atoms in total. The molecule has 4 heterocycles. The van der Waals surface area contributed by atoms with E-state index < -0.39 is 74.3 Å². The molecular formula is C41H53N7O10S2. The molecule has 2 aliphatic heterocycles. The third kappa shape index (κ3) is 9.95. The minimum Gasteiger partial charge on any atom is -0.497 e. The summed E-state index contributed by atoms with van der Waals surface area (Å²) < 4.78 is 51.6. The van der Waals surface area contributed by atoms with Gasteiger partial charge in [-0.15, -0.1) is 11.3 Å². The van der Waals surface area contributed by atoms with Gasteiger partial charge in [-0.2, -0.15) is 0 Å². The lowest BCUT2D eigenvalue weighted by Gasteiger charge is -2.30. The van der Waals surface area contributed by atoms with E-state index in [0.717, 1.165) is 10.5 Å². The summed E-state index contributed by atoms with van der Waals surface area (Å²) in [6, 6.07) is 5.16. The lowest BCUT2D eigenvalue weighted by Crippen LogP contribution is -2.58. The number of carbonyl (C=O) groups is 4. The molecule has 2 aromatic heterocycles. The number of ether oxygens (including phenoxy) is 4. The number of alkyl carbamates (subject to hydrolysis) is 1. The van der Waals surface area contributed by atoms with Gasteiger partial charge in [-0.25, -0.2) is 23.2 Å². The van der Waals surface area contributed by atoms with Crippen LogP contribution in [0.25, 0.3) is 22.2 Å². The van der Waals surface area contributed by atoms with Crippen molar-refractivity contribution in [3.63, 3.8) is 0 Å². The van der Waals surface area contributed by atoms with Crippen LogP contribution in [0.4, 0.5) is 9.93 Å². The first kappa shape index (κ1) is 43.1. The summed E-state index contributed by atoms with van der Waals surface area (Å²) in [5, 5.41) is 12.2. The Labute approximate surface area is 353 Å². The van der Waals surface area contributed by atoms with Crippen molar-refractivity contribution in [3.05, 3.63) is 41.8 Å². The highest BCUT2D eigenvalue weighted by molar-refractivity contribution is 7.91. The number of nitrogens with one attached hydrogen (secondary N) is 4. The Morgan fingerprint density at radius 3 is 2.58 bits per heavy atom. The van der Waals surface area contributed by atoms with Crippen molar-refractivity contribution in [2.24, 2.45) is 5.92 Å². The average Bonchev–Trinajstić information content (AvgIpc) is 4.06. The number of hydrogen-bond acceptors (Lipinski definition) is 14. The zero-order chi connectivity index (χ0) is 43.0. The van der Waals surface area contributed by atoms with Crippen molar-refractivity contribution in [2.75, 3.05) is 32.2 Å². The number of pyridine rings is 1. The van der Waals surface area contributed by atoms with Gasteiger partial charge in [0.15, 0.2) is 5.13 Å². The molecule has 7 rings (SSSR count). The van der Waals surface area contributed by atoms with Crippen LogP contribution in [0.5, 0.6) is 11.6 Å². The smallest absolute Gasteiger partial charge is 0.408 e. The largest absolute Gasteiger partial charge is 0.497 e. The molecular weight excluding hydrogens is 815 g/mol. The molecule has 1 saturated heterocycles. The molecule has 60 heavy (non-hydrogen) atoms. The minimum atomic E-state index is -3.94. The molecule has 0 spiro atoms. The van der Waals surface area contributed by atoms with Crippen molar-refractivity contribution >= 4 is 61.1 Å². The van der Waals surface area contributed by atoms with Gasteiger partial charge < -0.3 is 39.8 Å². The van der Waals surface area contributed by atoms with Gasteiger partial charge in [0.2, 0.25) is 27.7 Å². The van der Waals surface area contributed by atoms with E-state index in [9.17, 15) is 27.6 Å². The maximum Gasteiger partial charge on any atom is 0.408 e. The number of methoxy groups -OCH3 is 1. The van der Waals surface area contributed by atoms with Gasteiger partial charge in [0.05, 0.1) is 31.2 Å². The lowest BCUT2D eigenvalue weighted by molar-refractivity contribution is -0.141. The Morgan fingerprint density at radius 1 is 1.08 bits per heavy atom. The molecule has 324 valence electrons. The van der Waals surface area contributed by atoms with Crippen molar-refractivity contribution in [1.29, 1.82) is 0 Å². The van der Waals surface area contributed by atoms with E-state index >= 15 is 0 Å². The Kier molecular flexibility index (Phi) is 12.3. The third-order valence-corrected chi connectivity index (χ3v) is 13.2. The lowest BCUT2D eigenvalue weighted by atomic mass is 10.1. The van der Waals surface area contributed by atoms with Gasteiger partial charge in [-0.05, 0) is 90.0 Å². The molecule has 4 amide bonds. The first-order chi connectivity index (χ1) is 28.4. The number of nitrogens with zero attached hydrogens (tertiary/aromatic N) is 3. The number of benzene rings is 1. The van der Waals surface area contributed by atoms with E-state index in [1.165, 1.54) is 16.2 Å². The quantitative estimate of drug-likeness (QED) is 0.210. The molecule has 4 aliphatic rings. The summed E-state index contributed by atoms with van der Waals surface area (Å²) in [7, 11) is -2.36. The van der Waals surface area contributed by atoms with Crippen LogP contribution in [-0.2, 0) is 33.9 Å². The molecule has 4 N–H and O–H groups in total. The molecule has 2 saturated carbocycles. The molecule has 1 aromatic carbocycles. The molecule has 3 fully saturated rings. The molecule has 0 bridgehead atoms. The number of aromatic nitrogens is 2. The predicted molar refractivity (Wildman–Crippen MR) is 224 cm³/mol. The molecule has 19 heteroatoms. The van der Waals surface area contributed by atoms with Crippen LogP contribution in [0.1, 0.15) is 73.1 Å². The second-order valence-corrected chi connectivity index (χ2v) is 19.8. The Hall–Kier alpha value is -5.01.